The maximum absolute atomic E-state index is 12.1. The van der Waals surface area contributed by atoms with Gasteiger partial charge in [-0.15, -0.1) is 0 Å². The molecule has 7 nitrogen and oxygen atoms in total. The molecule has 2 aliphatic rings. The van der Waals surface area contributed by atoms with Crippen LogP contribution >= 0.6 is 15.9 Å². The van der Waals surface area contributed by atoms with Crippen LogP contribution in [-0.4, -0.2) is 55.2 Å². The number of ether oxygens (including phenoxy) is 1. The lowest BCUT2D eigenvalue weighted by Gasteiger charge is -2.33. The number of hydrogen-bond donors (Lipinski definition) is 2. The van der Waals surface area contributed by atoms with Crippen molar-refractivity contribution in [3.8, 4) is 5.88 Å². The summed E-state index contributed by atoms with van der Waals surface area (Å²) in [6, 6.07) is -0.0104. The Morgan fingerprint density at radius 3 is 3.12 bits per heavy atom. The first-order valence-electron chi connectivity index (χ1n) is 8.50. The van der Waals surface area contributed by atoms with Crippen molar-refractivity contribution in [3.63, 3.8) is 0 Å². The van der Waals surface area contributed by atoms with E-state index in [4.69, 9.17) is 4.74 Å². The molecule has 0 spiro atoms. The maximum Gasteiger partial charge on any atom is 0.237 e. The van der Waals surface area contributed by atoms with Gasteiger partial charge in [-0.3, -0.25) is 4.79 Å². The maximum atomic E-state index is 12.1. The number of amides is 1. The molecule has 0 bridgehead atoms. The van der Waals surface area contributed by atoms with Gasteiger partial charge in [-0.05, 0) is 54.1 Å². The molecule has 2 aliphatic heterocycles. The van der Waals surface area contributed by atoms with Crippen LogP contribution in [-0.2, 0) is 4.79 Å². The molecular formula is C16H24BrN5O2. The molecule has 2 fully saturated rings. The summed E-state index contributed by atoms with van der Waals surface area (Å²) in [6.07, 6.45) is 5.93. The predicted octanol–water partition coefficient (Wildman–Crippen LogP) is 1.33. The molecule has 1 amide bonds. The van der Waals surface area contributed by atoms with E-state index in [1.807, 2.05) is 0 Å². The Bertz CT molecular complexity index is 580. The zero-order valence-electron chi connectivity index (χ0n) is 13.9. The van der Waals surface area contributed by atoms with Gasteiger partial charge in [-0.25, -0.2) is 4.98 Å². The standard InChI is InChI=1S/C16H24BrN5O2/c1-24-15-12(17)9-20-16(21-15)22-7-3-4-11(10-22)8-19-14(23)13-5-2-6-18-13/h9,11,13,18H,2-8,10H2,1H3,(H,19,23). The second-order valence-corrected chi connectivity index (χ2v) is 7.23. The Morgan fingerprint density at radius 1 is 1.50 bits per heavy atom. The number of methoxy groups -OCH3 is 1. The van der Waals surface area contributed by atoms with Crippen LogP contribution in [0.1, 0.15) is 25.7 Å². The number of hydrogen-bond acceptors (Lipinski definition) is 6. The van der Waals surface area contributed by atoms with Crippen LogP contribution < -0.4 is 20.3 Å². The van der Waals surface area contributed by atoms with E-state index in [1.54, 1.807) is 13.3 Å². The molecule has 2 N–H and O–H groups in total. The predicted molar refractivity (Wildman–Crippen MR) is 95.3 cm³/mol. The summed E-state index contributed by atoms with van der Waals surface area (Å²) >= 11 is 3.38. The number of nitrogens with zero attached hydrogens (tertiary/aromatic N) is 3. The minimum atomic E-state index is -0.0104. The largest absolute Gasteiger partial charge is 0.480 e. The fourth-order valence-electron chi connectivity index (χ4n) is 3.33. The van der Waals surface area contributed by atoms with Gasteiger partial charge in [0.2, 0.25) is 17.7 Å². The number of anilines is 1. The van der Waals surface area contributed by atoms with Crippen molar-refractivity contribution in [1.82, 2.24) is 20.6 Å². The third-order valence-corrected chi connectivity index (χ3v) is 5.18. The highest BCUT2D eigenvalue weighted by Crippen LogP contribution is 2.26. The molecule has 132 valence electrons. The highest BCUT2D eigenvalue weighted by Gasteiger charge is 2.25. The summed E-state index contributed by atoms with van der Waals surface area (Å²) < 4.78 is 6.00. The van der Waals surface area contributed by atoms with Crippen molar-refractivity contribution in [2.24, 2.45) is 5.92 Å². The Hall–Kier alpha value is -1.41. The summed E-state index contributed by atoms with van der Waals surface area (Å²) in [5, 5.41) is 6.33. The van der Waals surface area contributed by atoms with Crippen molar-refractivity contribution in [1.29, 1.82) is 0 Å². The second-order valence-electron chi connectivity index (χ2n) is 6.38. The minimum absolute atomic E-state index is 0.0104. The van der Waals surface area contributed by atoms with Crippen molar-refractivity contribution in [3.05, 3.63) is 10.7 Å². The van der Waals surface area contributed by atoms with Gasteiger partial charge in [0.1, 0.15) is 0 Å². The van der Waals surface area contributed by atoms with Crippen molar-refractivity contribution < 1.29 is 9.53 Å². The smallest absolute Gasteiger partial charge is 0.237 e. The average molecular weight is 398 g/mol. The molecule has 1 aromatic rings. The quantitative estimate of drug-likeness (QED) is 0.779. The van der Waals surface area contributed by atoms with E-state index in [1.165, 1.54) is 0 Å². The fraction of sp³-hybridized carbons (Fsp3) is 0.688. The van der Waals surface area contributed by atoms with E-state index in [-0.39, 0.29) is 11.9 Å². The van der Waals surface area contributed by atoms with E-state index in [0.29, 0.717) is 24.3 Å². The number of carbonyl (C=O) groups excluding carboxylic acids is 1. The lowest BCUT2D eigenvalue weighted by molar-refractivity contribution is -0.122. The molecule has 0 aromatic carbocycles. The van der Waals surface area contributed by atoms with Gasteiger partial charge >= 0.3 is 0 Å². The van der Waals surface area contributed by atoms with Crippen molar-refractivity contribution >= 4 is 27.8 Å². The summed E-state index contributed by atoms with van der Waals surface area (Å²) in [5.41, 5.74) is 0. The Morgan fingerprint density at radius 2 is 2.38 bits per heavy atom. The third kappa shape index (κ3) is 4.16. The van der Waals surface area contributed by atoms with E-state index >= 15 is 0 Å². The summed E-state index contributed by atoms with van der Waals surface area (Å²) in [4.78, 5) is 23.1. The molecule has 3 rings (SSSR count). The molecule has 0 saturated carbocycles. The van der Waals surface area contributed by atoms with Crippen LogP contribution in [0.25, 0.3) is 0 Å². The number of aromatic nitrogens is 2. The zero-order valence-corrected chi connectivity index (χ0v) is 15.5. The second kappa shape index (κ2) is 8.11. The van der Waals surface area contributed by atoms with Crippen LogP contribution in [0.2, 0.25) is 0 Å². The molecular weight excluding hydrogens is 374 g/mol. The molecule has 0 radical (unpaired) electrons. The SMILES string of the molecule is COc1nc(N2CCCC(CNC(=O)C3CCCN3)C2)ncc1Br. The highest BCUT2D eigenvalue weighted by atomic mass is 79.9. The first-order valence-corrected chi connectivity index (χ1v) is 9.29. The van der Waals surface area contributed by atoms with Crippen LogP contribution in [0, 0.1) is 5.92 Å². The molecule has 1 aromatic heterocycles. The first-order chi connectivity index (χ1) is 11.7. The fourth-order valence-corrected chi connectivity index (χ4v) is 3.68. The monoisotopic (exact) mass is 397 g/mol. The van der Waals surface area contributed by atoms with Crippen LogP contribution in [0.5, 0.6) is 5.88 Å². The van der Waals surface area contributed by atoms with Crippen LogP contribution in [0.3, 0.4) is 0 Å². The molecule has 2 atom stereocenters. The minimum Gasteiger partial charge on any atom is -0.480 e. The van der Waals surface area contributed by atoms with Gasteiger partial charge in [0.05, 0.1) is 23.8 Å². The molecule has 2 unspecified atom stereocenters. The van der Waals surface area contributed by atoms with Gasteiger partial charge in [0.25, 0.3) is 0 Å². The normalized spacial score (nSPS) is 24.0. The van der Waals surface area contributed by atoms with Gasteiger partial charge in [-0.1, -0.05) is 0 Å². The van der Waals surface area contributed by atoms with E-state index in [9.17, 15) is 4.79 Å². The Balaban J connectivity index is 1.55. The highest BCUT2D eigenvalue weighted by molar-refractivity contribution is 9.10. The molecule has 24 heavy (non-hydrogen) atoms. The number of carbonyl (C=O) groups is 1. The topological polar surface area (TPSA) is 79.4 Å². The zero-order chi connectivity index (χ0) is 16.9. The molecule has 3 heterocycles. The first kappa shape index (κ1) is 17.4. The molecule has 0 aliphatic carbocycles. The van der Waals surface area contributed by atoms with Gasteiger partial charge < -0.3 is 20.3 Å². The average Bonchev–Trinajstić information content (AvgIpc) is 3.15. The van der Waals surface area contributed by atoms with Crippen LogP contribution in [0.15, 0.2) is 10.7 Å². The molecule has 2 saturated heterocycles. The van der Waals surface area contributed by atoms with Crippen LogP contribution in [0.4, 0.5) is 5.95 Å². The van der Waals surface area contributed by atoms with Gasteiger partial charge in [-0.2, -0.15) is 4.98 Å². The Kier molecular flexibility index (Phi) is 5.89. The van der Waals surface area contributed by atoms with E-state index in [0.717, 1.165) is 49.8 Å². The third-order valence-electron chi connectivity index (χ3n) is 4.64. The number of rotatable bonds is 5. The molecule has 8 heteroatoms. The van der Waals surface area contributed by atoms with Crippen molar-refractivity contribution in [2.75, 3.05) is 38.2 Å². The lowest BCUT2D eigenvalue weighted by Crippen LogP contribution is -2.45. The van der Waals surface area contributed by atoms with E-state index in [2.05, 4.69) is 41.4 Å². The number of nitrogens with one attached hydrogen (secondary N) is 2. The Labute approximate surface area is 150 Å². The van der Waals surface area contributed by atoms with Gasteiger partial charge in [0.15, 0.2) is 0 Å². The lowest BCUT2D eigenvalue weighted by atomic mass is 9.98. The van der Waals surface area contributed by atoms with E-state index < -0.39 is 0 Å². The summed E-state index contributed by atoms with van der Waals surface area (Å²) in [7, 11) is 1.60. The van der Waals surface area contributed by atoms with Crippen molar-refractivity contribution in [2.45, 2.75) is 31.7 Å². The summed E-state index contributed by atoms with van der Waals surface area (Å²) in [5.74, 6) is 1.78. The summed E-state index contributed by atoms with van der Waals surface area (Å²) in [6.45, 7) is 3.43. The number of piperidine rings is 1. The number of halogens is 1. The van der Waals surface area contributed by atoms with Gasteiger partial charge in [0, 0.05) is 19.6 Å².